The predicted molar refractivity (Wildman–Crippen MR) is 116 cm³/mol. The van der Waals surface area contributed by atoms with Crippen LogP contribution in [0.2, 0.25) is 5.02 Å². The summed E-state index contributed by atoms with van der Waals surface area (Å²) in [5.74, 6) is 0.758. The minimum atomic E-state index is -0.390. The summed E-state index contributed by atoms with van der Waals surface area (Å²) in [6.07, 6.45) is 2.23. The number of anilines is 1. The molecule has 7 nitrogen and oxygen atoms in total. The second-order valence-corrected chi connectivity index (χ2v) is 8.21. The molecule has 0 spiro atoms. The van der Waals surface area contributed by atoms with Gasteiger partial charge in [-0.1, -0.05) is 18.5 Å². The Bertz CT molecular complexity index is 802. The number of methoxy groups -OCH3 is 1. The number of likely N-dealkylation sites (tertiary alicyclic amines) is 1. The molecule has 0 aliphatic carbocycles. The van der Waals surface area contributed by atoms with E-state index in [1.165, 1.54) is 24.9 Å². The number of rotatable bonds is 7. The molecule has 1 aromatic rings. The fraction of sp³-hybridized carbons (Fsp3) is 0.500. The van der Waals surface area contributed by atoms with Crippen molar-refractivity contribution in [2.24, 2.45) is 0 Å². The molecule has 1 fully saturated rings. The van der Waals surface area contributed by atoms with Gasteiger partial charge in [0.2, 0.25) is 0 Å². The number of amides is 2. The smallest absolute Gasteiger partial charge is 0.291 e. The minimum absolute atomic E-state index is 0.246. The number of ether oxygens (including phenoxy) is 2. The summed E-state index contributed by atoms with van der Waals surface area (Å²) in [5.41, 5.74) is 0.693. The zero-order valence-corrected chi connectivity index (χ0v) is 18.2. The Labute approximate surface area is 180 Å². The Balaban J connectivity index is 1.69. The molecule has 29 heavy (non-hydrogen) atoms. The van der Waals surface area contributed by atoms with Crippen molar-refractivity contribution in [1.82, 2.24) is 10.2 Å². The summed E-state index contributed by atoms with van der Waals surface area (Å²) in [6, 6.07) is 3.42. The Kier molecular flexibility index (Phi) is 7.69. The molecule has 2 amide bonds. The maximum atomic E-state index is 12.7. The van der Waals surface area contributed by atoms with E-state index in [4.69, 9.17) is 21.1 Å². The lowest BCUT2D eigenvalue weighted by molar-refractivity contribution is -0.116. The highest BCUT2D eigenvalue weighted by Gasteiger charge is 2.25. The van der Waals surface area contributed by atoms with Crippen molar-refractivity contribution in [3.8, 4) is 5.75 Å². The quantitative estimate of drug-likeness (QED) is 0.679. The maximum absolute atomic E-state index is 12.7. The highest BCUT2D eigenvalue weighted by atomic mass is 35.5. The molecule has 1 unspecified atom stereocenters. The normalized spacial score (nSPS) is 19.3. The maximum Gasteiger partial charge on any atom is 0.291 e. The fourth-order valence-corrected chi connectivity index (χ4v) is 4.35. The van der Waals surface area contributed by atoms with Gasteiger partial charge in [-0.15, -0.1) is 11.8 Å². The summed E-state index contributed by atoms with van der Waals surface area (Å²) >= 11 is 7.85. The number of carbonyl (C=O) groups excluding carboxylic acids is 2. The monoisotopic (exact) mass is 439 g/mol. The third kappa shape index (κ3) is 5.38. The molecule has 2 heterocycles. The highest BCUT2D eigenvalue weighted by molar-refractivity contribution is 8.02. The van der Waals surface area contributed by atoms with Gasteiger partial charge in [-0.3, -0.25) is 14.5 Å². The van der Waals surface area contributed by atoms with E-state index in [-0.39, 0.29) is 22.6 Å². The number of benzene rings is 1. The van der Waals surface area contributed by atoms with Crippen molar-refractivity contribution in [2.75, 3.05) is 44.4 Å². The predicted octanol–water partition coefficient (Wildman–Crippen LogP) is 3.11. The van der Waals surface area contributed by atoms with E-state index in [0.717, 1.165) is 31.7 Å². The van der Waals surface area contributed by atoms with Crippen LogP contribution in [0.3, 0.4) is 0 Å². The largest absolute Gasteiger partial charge is 0.496 e. The first-order valence-corrected chi connectivity index (χ1v) is 11.1. The van der Waals surface area contributed by atoms with E-state index in [1.807, 2.05) is 0 Å². The van der Waals surface area contributed by atoms with Crippen LogP contribution >= 0.6 is 23.4 Å². The van der Waals surface area contributed by atoms with Gasteiger partial charge in [0.25, 0.3) is 11.8 Å². The number of likely N-dealkylation sites (N-methyl/N-ethyl adjacent to an activating group) is 1. The zero-order valence-electron chi connectivity index (χ0n) is 16.6. The molecule has 0 bridgehead atoms. The van der Waals surface area contributed by atoms with Gasteiger partial charge in [-0.25, -0.2) is 0 Å². The molecular weight excluding hydrogens is 414 g/mol. The highest BCUT2D eigenvalue weighted by Crippen LogP contribution is 2.32. The molecular formula is C20H26ClN3O4S. The van der Waals surface area contributed by atoms with E-state index in [0.29, 0.717) is 36.2 Å². The van der Waals surface area contributed by atoms with Crippen LogP contribution in [0, 0.1) is 0 Å². The number of carbonyl (C=O) groups is 2. The van der Waals surface area contributed by atoms with E-state index < -0.39 is 0 Å². The van der Waals surface area contributed by atoms with Crippen LogP contribution in [0.15, 0.2) is 23.3 Å². The first-order chi connectivity index (χ1) is 14.0. The minimum Gasteiger partial charge on any atom is -0.496 e. The molecule has 0 radical (unpaired) electrons. The Hall–Kier alpha value is -1.90. The van der Waals surface area contributed by atoms with E-state index in [2.05, 4.69) is 22.5 Å². The van der Waals surface area contributed by atoms with Gasteiger partial charge in [-0.05, 0) is 32.0 Å². The molecule has 9 heteroatoms. The zero-order chi connectivity index (χ0) is 20.8. The third-order valence-electron chi connectivity index (χ3n) is 5.06. The number of nitrogens with zero attached hydrogens (tertiary/aromatic N) is 1. The van der Waals surface area contributed by atoms with Crippen molar-refractivity contribution in [3.63, 3.8) is 0 Å². The number of nitrogens with one attached hydrogen (secondary N) is 2. The second-order valence-electron chi connectivity index (χ2n) is 6.82. The van der Waals surface area contributed by atoms with Gasteiger partial charge in [0.15, 0.2) is 5.76 Å². The van der Waals surface area contributed by atoms with Gasteiger partial charge in [0.05, 0.1) is 30.0 Å². The van der Waals surface area contributed by atoms with Gasteiger partial charge in [-0.2, -0.15) is 0 Å². The van der Waals surface area contributed by atoms with Crippen LogP contribution < -0.4 is 15.4 Å². The van der Waals surface area contributed by atoms with Crippen molar-refractivity contribution in [2.45, 2.75) is 25.8 Å². The molecule has 2 N–H and O–H groups in total. The van der Waals surface area contributed by atoms with Crippen LogP contribution in [0.1, 0.15) is 30.1 Å². The van der Waals surface area contributed by atoms with E-state index in [1.54, 1.807) is 11.5 Å². The average molecular weight is 440 g/mol. The molecule has 1 saturated heterocycles. The number of hydrogen-bond donors (Lipinski definition) is 2. The number of thioether (sulfide) groups is 1. The van der Waals surface area contributed by atoms with Crippen LogP contribution in [-0.2, 0) is 9.53 Å². The SMILES string of the molecule is CCN1CCCC1CNC(=O)c1cc(Cl)c(NC(=O)C2=CSCCO2)cc1OC. The first kappa shape index (κ1) is 21.8. The van der Waals surface area contributed by atoms with Gasteiger partial charge in [0.1, 0.15) is 5.75 Å². The van der Waals surface area contributed by atoms with Crippen LogP contribution in [0.25, 0.3) is 0 Å². The van der Waals surface area contributed by atoms with Crippen LogP contribution in [-0.4, -0.2) is 61.9 Å². The fourth-order valence-electron chi connectivity index (χ4n) is 3.52. The Morgan fingerprint density at radius 1 is 1.38 bits per heavy atom. The Morgan fingerprint density at radius 2 is 2.21 bits per heavy atom. The molecule has 0 saturated carbocycles. The van der Waals surface area contributed by atoms with Crippen molar-refractivity contribution in [1.29, 1.82) is 0 Å². The average Bonchev–Trinajstić information content (AvgIpc) is 3.21. The summed E-state index contributed by atoms with van der Waals surface area (Å²) in [5, 5.41) is 7.62. The van der Waals surface area contributed by atoms with Gasteiger partial charge >= 0.3 is 0 Å². The molecule has 1 aromatic carbocycles. The van der Waals surface area contributed by atoms with Crippen LogP contribution in [0.4, 0.5) is 5.69 Å². The summed E-state index contributed by atoms with van der Waals surface area (Å²) in [7, 11) is 1.48. The topological polar surface area (TPSA) is 79.9 Å². The number of hydrogen-bond acceptors (Lipinski definition) is 6. The van der Waals surface area contributed by atoms with Gasteiger partial charge in [0, 0.05) is 29.8 Å². The molecule has 1 atom stereocenters. The molecule has 3 rings (SSSR count). The van der Waals surface area contributed by atoms with E-state index in [9.17, 15) is 9.59 Å². The van der Waals surface area contributed by atoms with Gasteiger partial charge < -0.3 is 20.1 Å². The number of halogens is 1. The third-order valence-corrected chi connectivity index (χ3v) is 6.15. The van der Waals surface area contributed by atoms with Crippen molar-refractivity contribution < 1.29 is 19.1 Å². The lowest BCUT2D eigenvalue weighted by Gasteiger charge is -2.23. The standard InChI is InChI=1S/C20H26ClN3O4S/c1-3-24-6-4-5-13(24)11-22-19(25)14-9-15(21)16(10-17(14)27-2)23-20(26)18-12-29-8-7-28-18/h9-10,12-13H,3-8,11H2,1-2H3,(H,22,25)(H,23,26). The Morgan fingerprint density at radius 3 is 2.90 bits per heavy atom. The lowest BCUT2D eigenvalue weighted by atomic mass is 10.1. The molecule has 158 valence electrons. The lowest BCUT2D eigenvalue weighted by Crippen LogP contribution is -2.40. The van der Waals surface area contributed by atoms with E-state index >= 15 is 0 Å². The molecule has 2 aliphatic heterocycles. The second kappa shape index (κ2) is 10.2. The summed E-state index contributed by atoms with van der Waals surface area (Å²) in [6.45, 7) is 5.23. The molecule has 2 aliphatic rings. The summed E-state index contributed by atoms with van der Waals surface area (Å²) in [4.78, 5) is 27.4. The molecule has 0 aromatic heterocycles. The van der Waals surface area contributed by atoms with Crippen molar-refractivity contribution >= 4 is 40.9 Å². The summed E-state index contributed by atoms with van der Waals surface area (Å²) < 4.78 is 10.7. The van der Waals surface area contributed by atoms with Crippen molar-refractivity contribution in [3.05, 3.63) is 33.9 Å². The first-order valence-electron chi connectivity index (χ1n) is 9.69. The van der Waals surface area contributed by atoms with Crippen LogP contribution in [0.5, 0.6) is 5.75 Å².